The topological polar surface area (TPSA) is 64.9 Å². The monoisotopic (exact) mass is 297 g/mol. The van der Waals surface area contributed by atoms with E-state index < -0.39 is 0 Å². The minimum Gasteiger partial charge on any atom is -0.409 e. The van der Waals surface area contributed by atoms with Crippen molar-refractivity contribution in [2.24, 2.45) is 5.16 Å². The summed E-state index contributed by atoms with van der Waals surface area (Å²) in [5.41, 5.74) is 1.92. The van der Waals surface area contributed by atoms with Crippen LogP contribution in [0.25, 0.3) is 0 Å². The van der Waals surface area contributed by atoms with Crippen LogP contribution in [0, 0.1) is 0 Å². The van der Waals surface area contributed by atoms with Crippen molar-refractivity contribution in [3.05, 3.63) is 60.2 Å². The van der Waals surface area contributed by atoms with Gasteiger partial charge >= 0.3 is 0 Å². The van der Waals surface area contributed by atoms with Crippen molar-refractivity contribution in [1.29, 1.82) is 0 Å². The molecule has 2 heterocycles. The Kier molecular flexibility index (Phi) is 4.60. The van der Waals surface area contributed by atoms with Crippen LogP contribution in [-0.4, -0.2) is 57.0 Å². The molecule has 0 atom stereocenters. The molecule has 6 nitrogen and oxygen atoms in total. The summed E-state index contributed by atoms with van der Waals surface area (Å²) >= 11 is 0. The highest BCUT2D eigenvalue weighted by atomic mass is 16.4. The molecule has 0 spiro atoms. The predicted octanol–water partition coefficient (Wildman–Crippen LogP) is 1.43. The Morgan fingerprint density at radius 2 is 1.86 bits per heavy atom. The first-order valence-electron chi connectivity index (χ1n) is 7.36. The normalized spacial score (nSPS) is 16.7. The molecule has 0 radical (unpaired) electrons. The van der Waals surface area contributed by atoms with Crippen LogP contribution in [0.3, 0.4) is 0 Å². The number of nitrogens with zero attached hydrogens (tertiary/aromatic N) is 5. The van der Waals surface area contributed by atoms with E-state index in [0.717, 1.165) is 32.7 Å². The second-order valence-electron chi connectivity index (χ2n) is 5.26. The lowest BCUT2D eigenvalue weighted by Gasteiger charge is -2.35. The van der Waals surface area contributed by atoms with E-state index in [1.54, 1.807) is 18.6 Å². The molecule has 114 valence electrons. The van der Waals surface area contributed by atoms with Gasteiger partial charge in [0.2, 0.25) is 0 Å². The van der Waals surface area contributed by atoms with E-state index in [4.69, 9.17) is 0 Å². The molecule has 1 N–H and O–H groups in total. The Labute approximate surface area is 129 Å². The van der Waals surface area contributed by atoms with Crippen molar-refractivity contribution in [2.45, 2.75) is 6.54 Å². The summed E-state index contributed by atoms with van der Waals surface area (Å²) in [6, 6.07) is 10.5. The van der Waals surface area contributed by atoms with Gasteiger partial charge in [0.25, 0.3) is 0 Å². The minimum atomic E-state index is 0.493. The highest BCUT2D eigenvalue weighted by Gasteiger charge is 2.22. The van der Waals surface area contributed by atoms with Gasteiger partial charge in [-0.25, -0.2) is 4.98 Å². The molecule has 1 aromatic carbocycles. The Balaban J connectivity index is 1.59. The molecule has 1 saturated heterocycles. The van der Waals surface area contributed by atoms with Crippen LogP contribution in [0.1, 0.15) is 11.3 Å². The first-order chi connectivity index (χ1) is 10.9. The van der Waals surface area contributed by atoms with Gasteiger partial charge in [0, 0.05) is 45.1 Å². The molecule has 1 aliphatic rings. The molecular formula is C16H19N5O. The van der Waals surface area contributed by atoms with Gasteiger partial charge in [-0.15, -0.1) is 0 Å². The van der Waals surface area contributed by atoms with Crippen LogP contribution >= 0.6 is 0 Å². The summed E-state index contributed by atoms with van der Waals surface area (Å²) in [6.07, 6.45) is 4.83. The maximum atomic E-state index is 9.30. The largest absolute Gasteiger partial charge is 0.409 e. The molecule has 1 aromatic heterocycles. The molecule has 0 amide bonds. The molecule has 3 rings (SSSR count). The van der Waals surface area contributed by atoms with E-state index in [2.05, 4.69) is 44.3 Å². The molecule has 1 fully saturated rings. The van der Waals surface area contributed by atoms with Gasteiger partial charge in [0.15, 0.2) is 5.84 Å². The zero-order valence-electron chi connectivity index (χ0n) is 12.3. The van der Waals surface area contributed by atoms with Crippen molar-refractivity contribution in [1.82, 2.24) is 19.8 Å². The van der Waals surface area contributed by atoms with Crippen molar-refractivity contribution < 1.29 is 5.21 Å². The SMILES string of the molecule is O/N=C(/c1cnccn1)N1CCN(Cc2ccccc2)CC1. The standard InChI is InChI=1S/C16H19N5O/c22-19-16(15-12-17-6-7-18-15)21-10-8-20(9-11-21)13-14-4-2-1-3-5-14/h1-7,12,22H,8-11,13H2/b19-16-. The van der Waals surface area contributed by atoms with Crippen molar-refractivity contribution in [3.63, 3.8) is 0 Å². The minimum absolute atomic E-state index is 0.493. The zero-order valence-corrected chi connectivity index (χ0v) is 12.3. The summed E-state index contributed by atoms with van der Waals surface area (Å²) in [4.78, 5) is 12.7. The number of hydrogen-bond acceptors (Lipinski definition) is 5. The zero-order chi connectivity index (χ0) is 15.2. The maximum Gasteiger partial charge on any atom is 0.195 e. The Morgan fingerprint density at radius 1 is 1.09 bits per heavy atom. The number of rotatable bonds is 3. The van der Waals surface area contributed by atoms with E-state index in [1.165, 1.54) is 5.56 Å². The number of amidine groups is 1. The lowest BCUT2D eigenvalue weighted by Crippen LogP contribution is -2.48. The van der Waals surface area contributed by atoms with Crippen molar-refractivity contribution in [2.75, 3.05) is 26.2 Å². The Bertz CT molecular complexity index is 609. The van der Waals surface area contributed by atoms with E-state index >= 15 is 0 Å². The van der Waals surface area contributed by atoms with E-state index in [1.807, 2.05) is 11.0 Å². The van der Waals surface area contributed by atoms with Gasteiger partial charge in [-0.2, -0.15) is 0 Å². The van der Waals surface area contributed by atoms with Gasteiger partial charge in [-0.05, 0) is 5.56 Å². The fourth-order valence-electron chi connectivity index (χ4n) is 2.65. The number of oxime groups is 1. The van der Waals surface area contributed by atoms with E-state index in [9.17, 15) is 5.21 Å². The summed E-state index contributed by atoms with van der Waals surface area (Å²) in [6.45, 7) is 4.42. The first kappa shape index (κ1) is 14.5. The second kappa shape index (κ2) is 7.00. The lowest BCUT2D eigenvalue weighted by atomic mass is 10.2. The molecule has 0 aliphatic carbocycles. The third kappa shape index (κ3) is 3.40. The predicted molar refractivity (Wildman–Crippen MR) is 83.6 cm³/mol. The lowest BCUT2D eigenvalue weighted by molar-refractivity contribution is 0.171. The van der Waals surface area contributed by atoms with Crippen LogP contribution in [0.5, 0.6) is 0 Å². The molecule has 0 unspecified atom stereocenters. The van der Waals surface area contributed by atoms with Crippen LogP contribution in [0.15, 0.2) is 54.1 Å². The summed E-state index contributed by atoms with van der Waals surface area (Å²) in [5, 5.41) is 12.7. The average Bonchev–Trinajstić information content (AvgIpc) is 2.59. The van der Waals surface area contributed by atoms with Gasteiger partial charge in [-0.1, -0.05) is 35.5 Å². The van der Waals surface area contributed by atoms with Crippen LogP contribution in [0.4, 0.5) is 0 Å². The summed E-state index contributed by atoms with van der Waals surface area (Å²) < 4.78 is 0. The smallest absolute Gasteiger partial charge is 0.195 e. The van der Waals surface area contributed by atoms with Crippen LogP contribution in [-0.2, 0) is 6.54 Å². The highest BCUT2D eigenvalue weighted by Crippen LogP contribution is 2.10. The quantitative estimate of drug-likeness (QED) is 0.402. The second-order valence-corrected chi connectivity index (χ2v) is 5.26. The number of aromatic nitrogens is 2. The Morgan fingerprint density at radius 3 is 2.50 bits per heavy atom. The first-order valence-corrected chi connectivity index (χ1v) is 7.36. The summed E-state index contributed by atoms with van der Waals surface area (Å²) in [7, 11) is 0. The molecule has 0 bridgehead atoms. The van der Waals surface area contributed by atoms with Crippen molar-refractivity contribution >= 4 is 5.84 Å². The average molecular weight is 297 g/mol. The van der Waals surface area contributed by atoms with Gasteiger partial charge in [0.05, 0.1) is 6.20 Å². The van der Waals surface area contributed by atoms with Crippen molar-refractivity contribution in [3.8, 4) is 0 Å². The molecule has 6 heteroatoms. The third-order valence-electron chi connectivity index (χ3n) is 3.81. The van der Waals surface area contributed by atoms with E-state index in [-0.39, 0.29) is 0 Å². The number of hydrogen-bond donors (Lipinski definition) is 1. The van der Waals surface area contributed by atoms with Crippen LogP contribution < -0.4 is 0 Å². The third-order valence-corrected chi connectivity index (χ3v) is 3.81. The fraction of sp³-hybridized carbons (Fsp3) is 0.312. The molecule has 1 aliphatic heterocycles. The Hall–Kier alpha value is -2.47. The number of piperazine rings is 1. The maximum absolute atomic E-state index is 9.30. The van der Waals surface area contributed by atoms with Crippen LogP contribution in [0.2, 0.25) is 0 Å². The molecule has 2 aromatic rings. The highest BCUT2D eigenvalue weighted by molar-refractivity contribution is 5.96. The molecular weight excluding hydrogens is 278 g/mol. The van der Waals surface area contributed by atoms with Gasteiger partial charge < -0.3 is 10.1 Å². The molecule has 22 heavy (non-hydrogen) atoms. The van der Waals surface area contributed by atoms with Gasteiger partial charge in [0.1, 0.15) is 5.69 Å². The fourth-order valence-corrected chi connectivity index (χ4v) is 2.65. The summed E-state index contributed by atoms with van der Waals surface area (Å²) in [5.74, 6) is 0.493. The number of benzene rings is 1. The van der Waals surface area contributed by atoms with Gasteiger partial charge in [-0.3, -0.25) is 9.88 Å². The van der Waals surface area contributed by atoms with E-state index in [0.29, 0.717) is 11.5 Å². The molecule has 0 saturated carbocycles.